The van der Waals surface area contributed by atoms with Crippen molar-refractivity contribution in [1.82, 2.24) is 4.98 Å². The number of carbonyl (C=O) groups excluding carboxylic acids is 2. The Morgan fingerprint density at radius 1 is 1.28 bits per heavy atom. The van der Waals surface area contributed by atoms with Gasteiger partial charge in [-0.05, 0) is 43.7 Å². The molecule has 0 bridgehead atoms. The SMILES string of the molecule is CCCN1C(=O)COc2ccc(-c3csc(NC(=O)c4cccc(C)c4)n3)cc21. The number of aryl methyl sites for hydroxylation is 1. The first kappa shape index (κ1) is 19.1. The van der Waals surface area contributed by atoms with Gasteiger partial charge in [-0.3, -0.25) is 14.9 Å². The van der Waals surface area contributed by atoms with E-state index in [1.165, 1.54) is 11.3 Å². The van der Waals surface area contributed by atoms with Gasteiger partial charge in [0.15, 0.2) is 11.7 Å². The quantitative estimate of drug-likeness (QED) is 0.676. The number of rotatable bonds is 5. The summed E-state index contributed by atoms with van der Waals surface area (Å²) in [6, 6.07) is 13.1. The van der Waals surface area contributed by atoms with Crippen LogP contribution in [0.2, 0.25) is 0 Å². The highest BCUT2D eigenvalue weighted by Crippen LogP contribution is 2.36. The Morgan fingerprint density at radius 2 is 2.14 bits per heavy atom. The first-order valence-electron chi connectivity index (χ1n) is 9.46. The van der Waals surface area contributed by atoms with Crippen molar-refractivity contribution >= 4 is 34.0 Å². The predicted octanol–water partition coefficient (Wildman–Crippen LogP) is 4.51. The van der Waals surface area contributed by atoms with Crippen LogP contribution >= 0.6 is 11.3 Å². The summed E-state index contributed by atoms with van der Waals surface area (Å²) in [5, 5.41) is 5.28. The van der Waals surface area contributed by atoms with E-state index in [4.69, 9.17) is 4.74 Å². The van der Waals surface area contributed by atoms with Gasteiger partial charge < -0.3 is 9.64 Å². The van der Waals surface area contributed by atoms with Crippen LogP contribution in [0.25, 0.3) is 11.3 Å². The largest absolute Gasteiger partial charge is 0.482 e. The van der Waals surface area contributed by atoms with Crippen molar-refractivity contribution in [3.8, 4) is 17.0 Å². The fourth-order valence-corrected chi connectivity index (χ4v) is 3.96. The molecular weight excluding hydrogens is 386 g/mol. The van der Waals surface area contributed by atoms with Gasteiger partial charge >= 0.3 is 0 Å². The van der Waals surface area contributed by atoms with Crippen molar-refractivity contribution in [2.75, 3.05) is 23.4 Å². The Balaban J connectivity index is 1.57. The summed E-state index contributed by atoms with van der Waals surface area (Å²) in [5.41, 5.74) is 4.00. The molecule has 6 nitrogen and oxygen atoms in total. The number of anilines is 2. The second-order valence-corrected chi connectivity index (χ2v) is 7.74. The van der Waals surface area contributed by atoms with Crippen LogP contribution in [0.5, 0.6) is 5.75 Å². The number of ether oxygens (including phenoxy) is 1. The van der Waals surface area contributed by atoms with Crippen LogP contribution in [0.4, 0.5) is 10.8 Å². The Kier molecular flexibility index (Phi) is 5.31. The van der Waals surface area contributed by atoms with E-state index in [0.717, 1.165) is 28.9 Å². The Morgan fingerprint density at radius 3 is 2.93 bits per heavy atom. The topological polar surface area (TPSA) is 71.5 Å². The van der Waals surface area contributed by atoms with Gasteiger partial charge in [0.25, 0.3) is 11.8 Å². The number of nitrogens with one attached hydrogen (secondary N) is 1. The number of nitrogens with zero attached hydrogens (tertiary/aromatic N) is 2. The highest BCUT2D eigenvalue weighted by atomic mass is 32.1. The predicted molar refractivity (Wildman–Crippen MR) is 115 cm³/mol. The van der Waals surface area contributed by atoms with Crippen molar-refractivity contribution < 1.29 is 14.3 Å². The molecule has 4 rings (SSSR count). The van der Waals surface area contributed by atoms with Gasteiger partial charge in [0.05, 0.1) is 11.4 Å². The van der Waals surface area contributed by atoms with Crippen molar-refractivity contribution in [1.29, 1.82) is 0 Å². The maximum atomic E-state index is 12.4. The van der Waals surface area contributed by atoms with Crippen molar-refractivity contribution in [3.05, 3.63) is 59.0 Å². The molecule has 7 heteroatoms. The summed E-state index contributed by atoms with van der Waals surface area (Å²) < 4.78 is 5.55. The molecule has 0 saturated carbocycles. The zero-order valence-corrected chi connectivity index (χ0v) is 17.1. The summed E-state index contributed by atoms with van der Waals surface area (Å²) in [7, 11) is 0. The average Bonchev–Trinajstić information content (AvgIpc) is 3.18. The summed E-state index contributed by atoms with van der Waals surface area (Å²) in [6.45, 7) is 4.70. The van der Waals surface area contributed by atoms with Crippen molar-refractivity contribution in [2.24, 2.45) is 0 Å². The lowest BCUT2D eigenvalue weighted by molar-refractivity contribution is -0.121. The molecule has 2 aromatic carbocycles. The molecular formula is C22H21N3O3S. The number of thiazole rings is 1. The van der Waals surface area contributed by atoms with E-state index < -0.39 is 0 Å². The molecule has 29 heavy (non-hydrogen) atoms. The maximum Gasteiger partial charge on any atom is 0.265 e. The van der Waals surface area contributed by atoms with E-state index in [-0.39, 0.29) is 18.4 Å². The standard InChI is InChI=1S/C22H21N3O3S/c1-3-9-25-18-11-15(7-8-19(18)28-12-20(25)26)17-13-29-22(23-17)24-21(27)16-6-4-5-14(2)10-16/h4-8,10-11,13H,3,9,12H2,1-2H3,(H,23,24,27). The zero-order valence-electron chi connectivity index (χ0n) is 16.3. The molecule has 2 heterocycles. The third kappa shape index (κ3) is 4.00. The van der Waals surface area contributed by atoms with Crippen molar-refractivity contribution in [2.45, 2.75) is 20.3 Å². The lowest BCUT2D eigenvalue weighted by Crippen LogP contribution is -2.39. The summed E-state index contributed by atoms with van der Waals surface area (Å²) in [6.07, 6.45) is 0.862. The van der Waals surface area contributed by atoms with Gasteiger partial charge in [-0.25, -0.2) is 4.98 Å². The summed E-state index contributed by atoms with van der Waals surface area (Å²) in [4.78, 5) is 31.0. The number of fused-ring (bicyclic) bond motifs is 1. The van der Waals surface area contributed by atoms with Gasteiger partial charge in [-0.15, -0.1) is 11.3 Å². The van der Waals surface area contributed by atoms with E-state index in [2.05, 4.69) is 10.3 Å². The Bertz CT molecular complexity index is 1080. The van der Waals surface area contributed by atoms with E-state index in [1.54, 1.807) is 11.0 Å². The highest BCUT2D eigenvalue weighted by molar-refractivity contribution is 7.14. The molecule has 148 valence electrons. The first-order chi connectivity index (χ1) is 14.0. The Hall–Kier alpha value is -3.19. The number of benzene rings is 2. The third-order valence-electron chi connectivity index (χ3n) is 4.65. The van der Waals surface area contributed by atoms with Crippen LogP contribution in [0.15, 0.2) is 47.8 Å². The molecule has 0 spiro atoms. The van der Waals surface area contributed by atoms with Crippen molar-refractivity contribution in [3.63, 3.8) is 0 Å². The second-order valence-electron chi connectivity index (χ2n) is 6.88. The average molecular weight is 407 g/mol. The van der Waals surface area contributed by atoms with Gasteiger partial charge in [0.1, 0.15) is 5.75 Å². The normalized spacial score (nSPS) is 13.0. The first-order valence-corrected chi connectivity index (χ1v) is 10.3. The van der Waals surface area contributed by atoms with Crippen LogP contribution in [0.3, 0.4) is 0 Å². The maximum absolute atomic E-state index is 12.4. The Labute approximate surface area is 173 Å². The van der Waals surface area contributed by atoms with Gasteiger partial charge in [0, 0.05) is 23.1 Å². The fraction of sp³-hybridized carbons (Fsp3) is 0.227. The fourth-order valence-electron chi connectivity index (χ4n) is 3.25. The minimum atomic E-state index is -0.187. The molecule has 0 unspecified atom stereocenters. The second kappa shape index (κ2) is 8.05. The zero-order chi connectivity index (χ0) is 20.4. The number of hydrogen-bond donors (Lipinski definition) is 1. The van der Waals surface area contributed by atoms with Crippen LogP contribution in [0.1, 0.15) is 29.3 Å². The lowest BCUT2D eigenvalue weighted by atomic mass is 10.1. The third-order valence-corrected chi connectivity index (χ3v) is 5.41. The molecule has 3 aromatic rings. The van der Waals surface area contributed by atoms with E-state index in [0.29, 0.717) is 23.0 Å². The molecule has 0 fully saturated rings. The number of hydrogen-bond acceptors (Lipinski definition) is 5. The highest BCUT2D eigenvalue weighted by Gasteiger charge is 2.25. The number of aromatic nitrogens is 1. The van der Waals surface area contributed by atoms with Crippen LogP contribution in [0, 0.1) is 6.92 Å². The molecule has 1 N–H and O–H groups in total. The molecule has 0 radical (unpaired) electrons. The summed E-state index contributed by atoms with van der Waals surface area (Å²) in [5.74, 6) is 0.471. The minimum absolute atomic E-state index is 0.0408. The molecule has 1 aliphatic heterocycles. The molecule has 0 atom stereocenters. The number of amides is 2. The smallest absolute Gasteiger partial charge is 0.265 e. The lowest BCUT2D eigenvalue weighted by Gasteiger charge is -2.29. The van der Waals surface area contributed by atoms with E-state index in [1.807, 2.05) is 55.6 Å². The molecule has 0 saturated heterocycles. The van der Waals surface area contributed by atoms with E-state index in [9.17, 15) is 9.59 Å². The van der Waals surface area contributed by atoms with Gasteiger partial charge in [-0.1, -0.05) is 24.6 Å². The van der Waals surface area contributed by atoms with Crippen LogP contribution < -0.4 is 15.0 Å². The van der Waals surface area contributed by atoms with Gasteiger partial charge in [0.2, 0.25) is 0 Å². The van der Waals surface area contributed by atoms with Gasteiger partial charge in [-0.2, -0.15) is 0 Å². The number of carbonyl (C=O) groups is 2. The molecule has 1 aromatic heterocycles. The monoisotopic (exact) mass is 407 g/mol. The van der Waals surface area contributed by atoms with Crippen LogP contribution in [-0.4, -0.2) is 29.9 Å². The minimum Gasteiger partial charge on any atom is -0.482 e. The van der Waals surface area contributed by atoms with E-state index >= 15 is 0 Å². The molecule has 2 amide bonds. The van der Waals surface area contributed by atoms with Crippen LogP contribution in [-0.2, 0) is 4.79 Å². The molecule has 0 aliphatic carbocycles. The molecule has 1 aliphatic rings. The summed E-state index contributed by atoms with van der Waals surface area (Å²) >= 11 is 1.37.